The van der Waals surface area contributed by atoms with Gasteiger partial charge in [0.05, 0.1) is 18.6 Å². The van der Waals surface area contributed by atoms with E-state index < -0.39 is 17.7 Å². The van der Waals surface area contributed by atoms with E-state index in [0.717, 1.165) is 12.1 Å². The van der Waals surface area contributed by atoms with Gasteiger partial charge in [-0.2, -0.15) is 13.2 Å². The van der Waals surface area contributed by atoms with Crippen LogP contribution in [0.3, 0.4) is 0 Å². The quantitative estimate of drug-likeness (QED) is 0.849. The number of nitrogens with zero attached hydrogens (tertiary/aromatic N) is 1. The zero-order chi connectivity index (χ0) is 15.6. The monoisotopic (exact) mass is 302 g/mol. The van der Waals surface area contributed by atoms with Gasteiger partial charge >= 0.3 is 12.1 Å². The molecule has 21 heavy (non-hydrogen) atoms. The van der Waals surface area contributed by atoms with Crippen molar-refractivity contribution >= 4 is 11.7 Å². The summed E-state index contributed by atoms with van der Waals surface area (Å²) >= 11 is 0. The molecule has 0 bridgehead atoms. The van der Waals surface area contributed by atoms with E-state index in [9.17, 15) is 18.0 Å². The molecule has 2 atom stereocenters. The van der Waals surface area contributed by atoms with E-state index >= 15 is 0 Å². The number of alkyl halides is 3. The maximum atomic E-state index is 12.8. The molecule has 2 N–H and O–H groups in total. The summed E-state index contributed by atoms with van der Waals surface area (Å²) in [5.74, 6) is -0.810. The molecule has 1 aliphatic rings. The van der Waals surface area contributed by atoms with Crippen molar-refractivity contribution in [2.24, 2.45) is 11.7 Å². The van der Waals surface area contributed by atoms with Crippen molar-refractivity contribution in [3.05, 3.63) is 29.8 Å². The number of carbonyl (C=O) groups is 1. The lowest BCUT2D eigenvalue weighted by molar-refractivity contribution is -0.146. The van der Waals surface area contributed by atoms with Crippen LogP contribution in [-0.4, -0.2) is 32.2 Å². The van der Waals surface area contributed by atoms with E-state index in [-0.39, 0.29) is 12.0 Å². The molecule has 0 amide bonds. The van der Waals surface area contributed by atoms with Gasteiger partial charge in [-0.05, 0) is 24.6 Å². The first-order valence-electron chi connectivity index (χ1n) is 6.57. The predicted octanol–water partition coefficient (Wildman–Crippen LogP) is 2.03. The molecule has 2 rings (SSSR count). The van der Waals surface area contributed by atoms with Crippen LogP contribution in [-0.2, 0) is 15.7 Å². The van der Waals surface area contributed by atoms with Crippen LogP contribution in [0.4, 0.5) is 18.9 Å². The van der Waals surface area contributed by atoms with Crippen LogP contribution in [0.1, 0.15) is 12.0 Å². The number of rotatable bonds is 2. The fraction of sp³-hybridized carbons (Fsp3) is 0.500. The Labute approximate surface area is 120 Å². The SMILES string of the molecule is COC(=O)C1CC(N)CN(c2cccc(C(F)(F)F)c2)C1. The molecule has 1 aromatic rings. The Bertz CT molecular complexity index is 519. The standard InChI is InChI=1S/C14H17F3N2O2/c1-21-13(20)9-5-11(18)8-19(7-9)12-4-2-3-10(6-12)14(15,16)17/h2-4,6,9,11H,5,7-8,18H2,1H3. The molecule has 0 saturated carbocycles. The van der Waals surface area contributed by atoms with E-state index in [2.05, 4.69) is 0 Å². The number of benzene rings is 1. The average Bonchev–Trinajstić information content (AvgIpc) is 2.45. The number of piperidine rings is 1. The third kappa shape index (κ3) is 3.66. The van der Waals surface area contributed by atoms with Gasteiger partial charge < -0.3 is 15.4 Å². The van der Waals surface area contributed by atoms with Gasteiger partial charge in [-0.3, -0.25) is 4.79 Å². The molecule has 1 aromatic carbocycles. The molecule has 1 fully saturated rings. The van der Waals surface area contributed by atoms with Crippen LogP contribution in [0.2, 0.25) is 0 Å². The van der Waals surface area contributed by atoms with Crippen LogP contribution in [0, 0.1) is 5.92 Å². The molecule has 1 heterocycles. The summed E-state index contributed by atoms with van der Waals surface area (Å²) in [6, 6.07) is 4.75. The van der Waals surface area contributed by atoms with Gasteiger partial charge in [0.2, 0.25) is 0 Å². The lowest BCUT2D eigenvalue weighted by atomic mass is 9.94. The Kier molecular flexibility index (Phi) is 4.41. The lowest BCUT2D eigenvalue weighted by Gasteiger charge is -2.36. The summed E-state index contributed by atoms with van der Waals surface area (Å²) in [5.41, 5.74) is 5.59. The number of methoxy groups -OCH3 is 1. The van der Waals surface area contributed by atoms with Crippen molar-refractivity contribution < 1.29 is 22.7 Å². The fourth-order valence-electron chi connectivity index (χ4n) is 2.57. The van der Waals surface area contributed by atoms with Crippen molar-refractivity contribution in [2.75, 3.05) is 25.1 Å². The number of halogens is 3. The summed E-state index contributed by atoms with van der Waals surface area (Å²) in [4.78, 5) is 13.3. The van der Waals surface area contributed by atoms with Crippen molar-refractivity contribution in [2.45, 2.75) is 18.6 Å². The minimum absolute atomic E-state index is 0.280. The number of ether oxygens (including phenoxy) is 1. The number of esters is 1. The molecular formula is C14H17F3N2O2. The summed E-state index contributed by atoms with van der Waals surface area (Å²) < 4.78 is 43.0. The van der Waals surface area contributed by atoms with Gasteiger partial charge in [0.15, 0.2) is 0 Å². The molecule has 2 unspecified atom stereocenters. The van der Waals surface area contributed by atoms with Crippen molar-refractivity contribution in [1.82, 2.24) is 0 Å². The summed E-state index contributed by atoms with van der Waals surface area (Å²) in [7, 11) is 1.29. The third-order valence-corrected chi connectivity index (χ3v) is 3.56. The highest BCUT2D eigenvalue weighted by atomic mass is 19.4. The number of anilines is 1. The second-order valence-electron chi connectivity index (χ2n) is 5.17. The molecule has 0 aliphatic carbocycles. The Hall–Kier alpha value is -1.76. The smallest absolute Gasteiger partial charge is 0.416 e. The normalized spacial score (nSPS) is 23.0. The van der Waals surface area contributed by atoms with Crippen molar-refractivity contribution in [1.29, 1.82) is 0 Å². The lowest BCUT2D eigenvalue weighted by Crippen LogP contribution is -2.49. The highest BCUT2D eigenvalue weighted by Gasteiger charge is 2.33. The van der Waals surface area contributed by atoms with Crippen LogP contribution in [0.25, 0.3) is 0 Å². The molecule has 4 nitrogen and oxygen atoms in total. The predicted molar refractivity (Wildman–Crippen MR) is 71.8 cm³/mol. The van der Waals surface area contributed by atoms with Crippen molar-refractivity contribution in [3.63, 3.8) is 0 Å². The van der Waals surface area contributed by atoms with Crippen LogP contribution >= 0.6 is 0 Å². The topological polar surface area (TPSA) is 55.6 Å². The molecule has 0 radical (unpaired) electrons. The first-order valence-corrected chi connectivity index (χ1v) is 6.57. The largest absolute Gasteiger partial charge is 0.469 e. The highest BCUT2D eigenvalue weighted by molar-refractivity contribution is 5.73. The zero-order valence-corrected chi connectivity index (χ0v) is 11.6. The summed E-state index contributed by atoms with van der Waals surface area (Å²) in [5, 5.41) is 0. The zero-order valence-electron chi connectivity index (χ0n) is 11.6. The number of carbonyl (C=O) groups excluding carboxylic acids is 1. The summed E-state index contributed by atoms with van der Waals surface area (Å²) in [6.45, 7) is 0.719. The number of nitrogens with two attached hydrogens (primary N) is 1. The average molecular weight is 302 g/mol. The van der Waals surface area contributed by atoms with E-state index in [0.29, 0.717) is 25.2 Å². The summed E-state index contributed by atoms with van der Waals surface area (Å²) in [6.07, 6.45) is -3.92. The van der Waals surface area contributed by atoms with Crippen LogP contribution in [0.5, 0.6) is 0 Å². The molecule has 0 aromatic heterocycles. The van der Waals surface area contributed by atoms with Gasteiger partial charge in [0.1, 0.15) is 0 Å². The highest BCUT2D eigenvalue weighted by Crippen LogP contribution is 2.32. The van der Waals surface area contributed by atoms with Gasteiger partial charge in [0, 0.05) is 24.8 Å². The van der Waals surface area contributed by atoms with E-state index in [1.807, 2.05) is 0 Å². The van der Waals surface area contributed by atoms with E-state index in [1.54, 1.807) is 11.0 Å². The van der Waals surface area contributed by atoms with Crippen LogP contribution in [0.15, 0.2) is 24.3 Å². The molecule has 1 saturated heterocycles. The van der Waals surface area contributed by atoms with Crippen molar-refractivity contribution in [3.8, 4) is 0 Å². The van der Waals surface area contributed by atoms with Gasteiger partial charge in [-0.1, -0.05) is 6.07 Å². The first kappa shape index (κ1) is 15.6. The fourth-order valence-corrected chi connectivity index (χ4v) is 2.57. The van der Waals surface area contributed by atoms with E-state index in [4.69, 9.17) is 10.5 Å². The van der Waals surface area contributed by atoms with E-state index in [1.165, 1.54) is 13.2 Å². The van der Waals surface area contributed by atoms with Gasteiger partial charge in [0.25, 0.3) is 0 Å². The molecule has 0 spiro atoms. The minimum Gasteiger partial charge on any atom is -0.469 e. The second kappa shape index (κ2) is 5.93. The maximum absolute atomic E-state index is 12.8. The van der Waals surface area contributed by atoms with Crippen LogP contribution < -0.4 is 10.6 Å². The number of hydrogen-bond donors (Lipinski definition) is 1. The first-order chi connectivity index (χ1) is 9.81. The molecule has 1 aliphatic heterocycles. The Morgan fingerprint density at radius 1 is 1.38 bits per heavy atom. The Morgan fingerprint density at radius 2 is 2.10 bits per heavy atom. The maximum Gasteiger partial charge on any atom is 0.416 e. The second-order valence-corrected chi connectivity index (χ2v) is 5.17. The molecular weight excluding hydrogens is 285 g/mol. The minimum atomic E-state index is -4.39. The third-order valence-electron chi connectivity index (χ3n) is 3.56. The molecule has 116 valence electrons. The van der Waals surface area contributed by atoms with Gasteiger partial charge in [-0.25, -0.2) is 0 Å². The molecule has 7 heteroatoms. The Balaban J connectivity index is 2.22. The Morgan fingerprint density at radius 3 is 2.71 bits per heavy atom. The van der Waals surface area contributed by atoms with Gasteiger partial charge in [-0.15, -0.1) is 0 Å². The number of hydrogen-bond acceptors (Lipinski definition) is 4.